The molecule has 1 aliphatic heterocycles. The molecule has 1 saturated heterocycles. The molecule has 106 valence electrons. The Bertz CT molecular complexity index is 420. The summed E-state index contributed by atoms with van der Waals surface area (Å²) in [6.45, 7) is 14.4. The van der Waals surface area contributed by atoms with Crippen molar-refractivity contribution in [2.45, 2.75) is 33.2 Å². The lowest BCUT2D eigenvalue weighted by Crippen LogP contribution is -2.56. The molecule has 3 nitrogen and oxygen atoms in total. The van der Waals surface area contributed by atoms with Gasteiger partial charge in [-0.2, -0.15) is 0 Å². The first-order valence-corrected chi connectivity index (χ1v) is 7.26. The number of nitrogens with one attached hydrogen (secondary N) is 2. The molecular weight excluding hydrogens is 234 g/mol. The SMILES string of the molecule is Cc1ccc(C)c(NCC(C)(C)N2CCNCC2)c1. The summed E-state index contributed by atoms with van der Waals surface area (Å²) < 4.78 is 0. The van der Waals surface area contributed by atoms with Crippen LogP contribution >= 0.6 is 0 Å². The lowest BCUT2D eigenvalue weighted by Gasteiger charge is -2.41. The number of piperazine rings is 1. The van der Waals surface area contributed by atoms with Gasteiger partial charge in [-0.15, -0.1) is 0 Å². The molecule has 1 aromatic carbocycles. The zero-order valence-corrected chi connectivity index (χ0v) is 12.7. The van der Waals surface area contributed by atoms with Crippen molar-refractivity contribution in [2.24, 2.45) is 0 Å². The predicted octanol–water partition coefficient (Wildman–Crippen LogP) is 2.40. The molecule has 19 heavy (non-hydrogen) atoms. The minimum Gasteiger partial charge on any atom is -0.383 e. The highest BCUT2D eigenvalue weighted by atomic mass is 15.2. The summed E-state index contributed by atoms with van der Waals surface area (Å²) >= 11 is 0. The average Bonchev–Trinajstić information content (AvgIpc) is 2.41. The second kappa shape index (κ2) is 5.93. The van der Waals surface area contributed by atoms with E-state index in [-0.39, 0.29) is 5.54 Å². The lowest BCUT2D eigenvalue weighted by molar-refractivity contribution is 0.114. The van der Waals surface area contributed by atoms with Gasteiger partial charge in [-0.1, -0.05) is 12.1 Å². The highest BCUT2D eigenvalue weighted by molar-refractivity contribution is 5.52. The molecule has 0 spiro atoms. The molecule has 0 atom stereocenters. The van der Waals surface area contributed by atoms with Gasteiger partial charge in [-0.25, -0.2) is 0 Å². The topological polar surface area (TPSA) is 27.3 Å². The molecule has 0 unspecified atom stereocenters. The van der Waals surface area contributed by atoms with E-state index in [2.05, 4.69) is 61.4 Å². The van der Waals surface area contributed by atoms with Gasteiger partial charge in [-0.05, 0) is 44.9 Å². The van der Waals surface area contributed by atoms with E-state index in [0.717, 1.165) is 32.7 Å². The molecule has 1 aliphatic rings. The van der Waals surface area contributed by atoms with Gasteiger partial charge in [0.2, 0.25) is 0 Å². The second-order valence-electron chi connectivity index (χ2n) is 6.22. The molecule has 3 heteroatoms. The summed E-state index contributed by atoms with van der Waals surface area (Å²) in [7, 11) is 0. The Labute approximate surface area is 117 Å². The minimum atomic E-state index is 0.193. The standard InChI is InChI=1S/C16H27N3/c1-13-5-6-14(2)15(11-13)18-12-16(3,4)19-9-7-17-8-10-19/h5-6,11,17-18H,7-10,12H2,1-4H3. The number of benzene rings is 1. The number of aryl methyl sites for hydroxylation is 2. The maximum Gasteiger partial charge on any atom is 0.0373 e. The van der Waals surface area contributed by atoms with Crippen molar-refractivity contribution in [1.29, 1.82) is 0 Å². The first-order valence-electron chi connectivity index (χ1n) is 7.26. The molecule has 0 radical (unpaired) electrons. The van der Waals surface area contributed by atoms with Gasteiger partial charge in [0.25, 0.3) is 0 Å². The molecule has 0 aromatic heterocycles. The van der Waals surface area contributed by atoms with Crippen molar-refractivity contribution < 1.29 is 0 Å². The zero-order valence-electron chi connectivity index (χ0n) is 12.7. The summed E-state index contributed by atoms with van der Waals surface area (Å²) in [6, 6.07) is 6.60. The molecule has 1 fully saturated rings. The highest BCUT2D eigenvalue weighted by Crippen LogP contribution is 2.20. The monoisotopic (exact) mass is 261 g/mol. The maximum atomic E-state index is 3.63. The van der Waals surface area contributed by atoms with Crippen LogP contribution in [0.4, 0.5) is 5.69 Å². The Morgan fingerprint density at radius 2 is 1.89 bits per heavy atom. The summed E-state index contributed by atoms with van der Waals surface area (Å²) in [4.78, 5) is 2.57. The fourth-order valence-corrected chi connectivity index (χ4v) is 2.62. The number of hydrogen-bond acceptors (Lipinski definition) is 3. The lowest BCUT2D eigenvalue weighted by atomic mass is 10.0. The fraction of sp³-hybridized carbons (Fsp3) is 0.625. The Morgan fingerprint density at radius 1 is 1.21 bits per heavy atom. The van der Waals surface area contributed by atoms with E-state index in [9.17, 15) is 0 Å². The first-order chi connectivity index (χ1) is 8.99. The van der Waals surface area contributed by atoms with Crippen LogP contribution in [0.2, 0.25) is 0 Å². The average molecular weight is 261 g/mol. The molecule has 0 amide bonds. The van der Waals surface area contributed by atoms with Gasteiger partial charge in [-0.3, -0.25) is 4.90 Å². The molecule has 0 bridgehead atoms. The van der Waals surface area contributed by atoms with Crippen LogP contribution in [0.5, 0.6) is 0 Å². The summed E-state index contributed by atoms with van der Waals surface area (Å²) in [5.41, 5.74) is 4.09. The number of anilines is 1. The Balaban J connectivity index is 1.98. The first kappa shape index (κ1) is 14.4. The van der Waals surface area contributed by atoms with Crippen LogP contribution in [0.15, 0.2) is 18.2 Å². The molecule has 0 aliphatic carbocycles. The smallest absolute Gasteiger partial charge is 0.0373 e. The minimum absolute atomic E-state index is 0.193. The van der Waals surface area contributed by atoms with Crippen LogP contribution in [0.25, 0.3) is 0 Å². The second-order valence-corrected chi connectivity index (χ2v) is 6.22. The predicted molar refractivity (Wildman–Crippen MR) is 82.9 cm³/mol. The van der Waals surface area contributed by atoms with Crippen molar-refractivity contribution in [3.8, 4) is 0 Å². The third kappa shape index (κ3) is 3.71. The van der Waals surface area contributed by atoms with Crippen LogP contribution in [0, 0.1) is 13.8 Å². The van der Waals surface area contributed by atoms with E-state index >= 15 is 0 Å². The number of nitrogens with zero attached hydrogens (tertiary/aromatic N) is 1. The fourth-order valence-electron chi connectivity index (χ4n) is 2.62. The van der Waals surface area contributed by atoms with Gasteiger partial charge >= 0.3 is 0 Å². The summed E-state index contributed by atoms with van der Waals surface area (Å²) in [5.74, 6) is 0. The van der Waals surface area contributed by atoms with E-state index in [1.165, 1.54) is 16.8 Å². The van der Waals surface area contributed by atoms with Gasteiger partial charge in [0.05, 0.1) is 0 Å². The van der Waals surface area contributed by atoms with Crippen LogP contribution in [-0.4, -0.2) is 43.2 Å². The van der Waals surface area contributed by atoms with Crippen molar-refractivity contribution in [3.05, 3.63) is 29.3 Å². The Kier molecular flexibility index (Phi) is 4.48. The van der Waals surface area contributed by atoms with E-state index in [1.54, 1.807) is 0 Å². The zero-order chi connectivity index (χ0) is 13.9. The largest absolute Gasteiger partial charge is 0.383 e. The van der Waals surface area contributed by atoms with Crippen LogP contribution in [-0.2, 0) is 0 Å². The van der Waals surface area contributed by atoms with Gasteiger partial charge in [0.15, 0.2) is 0 Å². The molecule has 2 N–H and O–H groups in total. The van der Waals surface area contributed by atoms with Crippen LogP contribution in [0.1, 0.15) is 25.0 Å². The van der Waals surface area contributed by atoms with Gasteiger partial charge in [0.1, 0.15) is 0 Å². The molecule has 0 saturated carbocycles. The Morgan fingerprint density at radius 3 is 2.58 bits per heavy atom. The quantitative estimate of drug-likeness (QED) is 0.871. The van der Waals surface area contributed by atoms with Crippen molar-refractivity contribution in [1.82, 2.24) is 10.2 Å². The van der Waals surface area contributed by atoms with E-state index in [1.807, 2.05) is 0 Å². The molecule has 2 rings (SSSR count). The van der Waals surface area contributed by atoms with Crippen molar-refractivity contribution >= 4 is 5.69 Å². The van der Waals surface area contributed by atoms with E-state index in [4.69, 9.17) is 0 Å². The van der Waals surface area contributed by atoms with E-state index in [0.29, 0.717) is 0 Å². The third-order valence-electron chi connectivity index (χ3n) is 4.08. The van der Waals surface area contributed by atoms with Crippen molar-refractivity contribution in [3.63, 3.8) is 0 Å². The van der Waals surface area contributed by atoms with Crippen LogP contribution in [0.3, 0.4) is 0 Å². The molecule has 1 aromatic rings. The molecule has 1 heterocycles. The van der Waals surface area contributed by atoms with Gasteiger partial charge < -0.3 is 10.6 Å². The van der Waals surface area contributed by atoms with E-state index < -0.39 is 0 Å². The summed E-state index contributed by atoms with van der Waals surface area (Å²) in [5, 5.41) is 7.04. The molecular formula is C16H27N3. The maximum absolute atomic E-state index is 3.63. The Hall–Kier alpha value is -1.06. The van der Waals surface area contributed by atoms with Crippen molar-refractivity contribution in [2.75, 3.05) is 38.0 Å². The highest BCUT2D eigenvalue weighted by Gasteiger charge is 2.27. The number of rotatable bonds is 4. The summed E-state index contributed by atoms with van der Waals surface area (Å²) in [6.07, 6.45) is 0. The van der Waals surface area contributed by atoms with Crippen LogP contribution < -0.4 is 10.6 Å². The normalized spacial score (nSPS) is 17.5. The number of hydrogen-bond donors (Lipinski definition) is 2. The third-order valence-corrected chi connectivity index (χ3v) is 4.08. The van der Waals surface area contributed by atoms with Gasteiger partial charge in [0, 0.05) is 44.0 Å².